The first kappa shape index (κ1) is 19.8. The second-order valence-corrected chi connectivity index (χ2v) is 6.97. The summed E-state index contributed by atoms with van der Waals surface area (Å²) < 4.78 is 29.4. The Balaban J connectivity index is 2.25. The summed E-state index contributed by atoms with van der Waals surface area (Å²) in [6.45, 7) is 0.159. The quantitative estimate of drug-likeness (QED) is 0.727. The highest BCUT2D eigenvalue weighted by Crippen LogP contribution is 2.31. The van der Waals surface area contributed by atoms with Crippen molar-refractivity contribution >= 4 is 23.2 Å². The molecular weight excluding hydrogens is 364 g/mol. The minimum Gasteiger partial charge on any atom is -0.481 e. The highest BCUT2D eigenvalue weighted by atomic mass is 32.1. The molecule has 26 heavy (non-hydrogen) atoms. The molecule has 0 saturated carbocycles. The number of aliphatic carboxylic acids is 1. The van der Waals surface area contributed by atoms with Gasteiger partial charge in [-0.3, -0.25) is 9.59 Å². The summed E-state index contributed by atoms with van der Waals surface area (Å²) in [5, 5.41) is 12.3. The van der Waals surface area contributed by atoms with Crippen molar-refractivity contribution in [1.29, 1.82) is 0 Å². The molecule has 5 nitrogen and oxygen atoms in total. The zero-order chi connectivity index (χ0) is 19.3. The highest BCUT2D eigenvalue weighted by molar-refractivity contribution is 7.14. The number of rotatable bonds is 8. The molecule has 1 unspecified atom stereocenters. The third-order valence-corrected chi connectivity index (χ3v) is 5.16. The van der Waals surface area contributed by atoms with Crippen LogP contribution < -0.4 is 10.1 Å². The van der Waals surface area contributed by atoms with Gasteiger partial charge in [0.05, 0.1) is 0 Å². The topological polar surface area (TPSA) is 75.6 Å². The number of carboxylic acid groups (broad SMARTS) is 1. The van der Waals surface area contributed by atoms with Crippen LogP contribution in [-0.2, 0) is 10.2 Å². The molecule has 1 aromatic carbocycles. The smallest absolute Gasteiger partial charge is 0.387 e. The summed E-state index contributed by atoms with van der Waals surface area (Å²) >= 11 is 1.01. The number of amides is 1. The van der Waals surface area contributed by atoms with Gasteiger partial charge >= 0.3 is 12.6 Å². The van der Waals surface area contributed by atoms with Crippen molar-refractivity contribution in [2.45, 2.75) is 32.3 Å². The van der Waals surface area contributed by atoms with Gasteiger partial charge in [0.15, 0.2) is 0 Å². The Kier molecular flexibility index (Phi) is 6.31. The Morgan fingerprint density at radius 3 is 2.50 bits per heavy atom. The zero-order valence-corrected chi connectivity index (χ0v) is 15.1. The number of hydrogen-bond donors (Lipinski definition) is 2. The summed E-state index contributed by atoms with van der Waals surface area (Å²) in [7, 11) is 0. The van der Waals surface area contributed by atoms with Crippen LogP contribution in [-0.4, -0.2) is 30.1 Å². The van der Waals surface area contributed by atoms with E-state index in [0.29, 0.717) is 10.4 Å². The lowest BCUT2D eigenvalue weighted by molar-refractivity contribution is -0.143. The average Bonchev–Trinajstić information content (AvgIpc) is 2.96. The van der Waals surface area contributed by atoms with Crippen LogP contribution in [0.3, 0.4) is 0 Å². The van der Waals surface area contributed by atoms with Crippen molar-refractivity contribution in [2.75, 3.05) is 6.54 Å². The van der Waals surface area contributed by atoms with Gasteiger partial charge in [0.2, 0.25) is 0 Å². The van der Waals surface area contributed by atoms with E-state index in [1.54, 1.807) is 44.2 Å². The first-order chi connectivity index (χ1) is 12.3. The first-order valence-corrected chi connectivity index (χ1v) is 8.74. The van der Waals surface area contributed by atoms with Gasteiger partial charge in [-0.05, 0) is 25.0 Å². The molecule has 0 radical (unpaired) electrons. The number of alkyl halides is 2. The standard InChI is InChI=1S/C18H19F2NO4S/c1-3-18(16(23)24,12-7-5-4-6-8-12)10-21-15(22)14-13(25-17(19)20)9-11(2)26-14/h4-9,17H,3,10H2,1-2H3,(H,21,22)(H,23,24). The minimum absolute atomic E-state index is 0.00810. The van der Waals surface area contributed by atoms with Crippen LogP contribution in [0.2, 0.25) is 0 Å². The number of carboxylic acids is 1. The van der Waals surface area contributed by atoms with Crippen molar-refractivity contribution < 1.29 is 28.2 Å². The maximum Gasteiger partial charge on any atom is 0.387 e. The van der Waals surface area contributed by atoms with Crippen molar-refractivity contribution in [2.24, 2.45) is 0 Å². The Bertz CT molecular complexity index is 779. The Hall–Kier alpha value is -2.48. The molecule has 8 heteroatoms. The fourth-order valence-corrected chi connectivity index (χ4v) is 3.54. The highest BCUT2D eigenvalue weighted by Gasteiger charge is 2.39. The van der Waals surface area contributed by atoms with Gasteiger partial charge < -0.3 is 15.2 Å². The number of carbonyl (C=O) groups excluding carboxylic acids is 1. The number of ether oxygens (including phenoxy) is 1. The Morgan fingerprint density at radius 1 is 1.31 bits per heavy atom. The lowest BCUT2D eigenvalue weighted by Gasteiger charge is -2.29. The number of nitrogens with one attached hydrogen (secondary N) is 1. The van der Waals surface area contributed by atoms with Crippen LogP contribution in [0, 0.1) is 6.92 Å². The fraction of sp³-hybridized carbons (Fsp3) is 0.333. The van der Waals surface area contributed by atoms with Crippen molar-refractivity contribution in [3.63, 3.8) is 0 Å². The lowest BCUT2D eigenvalue weighted by Crippen LogP contribution is -2.46. The normalized spacial score (nSPS) is 13.3. The van der Waals surface area contributed by atoms with Gasteiger partial charge in [0, 0.05) is 11.4 Å². The van der Waals surface area contributed by atoms with Crippen molar-refractivity contribution in [3.05, 3.63) is 51.7 Å². The molecule has 0 aliphatic carbocycles. The lowest BCUT2D eigenvalue weighted by atomic mass is 9.78. The monoisotopic (exact) mass is 383 g/mol. The molecule has 0 aliphatic rings. The molecule has 0 bridgehead atoms. The van der Waals surface area contributed by atoms with Crippen LogP contribution in [0.1, 0.15) is 33.5 Å². The summed E-state index contributed by atoms with van der Waals surface area (Å²) in [6.07, 6.45) is 0.247. The number of hydrogen-bond acceptors (Lipinski definition) is 4. The SMILES string of the molecule is CCC(CNC(=O)c1sc(C)cc1OC(F)F)(C(=O)O)c1ccccc1. The van der Waals surface area contributed by atoms with Crippen LogP contribution in [0.25, 0.3) is 0 Å². The van der Waals surface area contributed by atoms with Crippen LogP contribution in [0.15, 0.2) is 36.4 Å². The molecule has 2 N–H and O–H groups in total. The average molecular weight is 383 g/mol. The molecule has 2 rings (SSSR count). The molecule has 1 amide bonds. The van der Waals surface area contributed by atoms with E-state index in [4.69, 9.17) is 0 Å². The first-order valence-electron chi connectivity index (χ1n) is 7.92. The van der Waals surface area contributed by atoms with E-state index in [9.17, 15) is 23.5 Å². The summed E-state index contributed by atoms with van der Waals surface area (Å²) in [5.41, 5.74) is -0.755. The Labute approximate surface area is 153 Å². The number of carbonyl (C=O) groups is 2. The predicted octanol–water partition coefficient (Wildman–Crippen LogP) is 3.82. The molecule has 1 aromatic heterocycles. The third kappa shape index (κ3) is 4.19. The molecule has 1 heterocycles. The van der Waals surface area contributed by atoms with E-state index in [0.717, 1.165) is 11.3 Å². The van der Waals surface area contributed by atoms with Gasteiger partial charge in [-0.15, -0.1) is 11.3 Å². The molecule has 1 atom stereocenters. The summed E-state index contributed by atoms with van der Waals surface area (Å²) in [5.74, 6) is -1.93. The molecule has 0 fully saturated rings. The number of halogens is 2. The van der Waals surface area contributed by atoms with E-state index >= 15 is 0 Å². The van der Waals surface area contributed by atoms with Gasteiger partial charge in [0.1, 0.15) is 16.0 Å². The second kappa shape index (κ2) is 8.27. The fourth-order valence-electron chi connectivity index (χ4n) is 2.68. The van der Waals surface area contributed by atoms with E-state index in [-0.39, 0.29) is 23.6 Å². The molecular formula is C18H19F2NO4S. The third-order valence-electron chi connectivity index (χ3n) is 4.13. The molecule has 2 aromatic rings. The van der Waals surface area contributed by atoms with Crippen LogP contribution >= 0.6 is 11.3 Å². The maximum atomic E-state index is 12.5. The minimum atomic E-state index is -3.05. The largest absolute Gasteiger partial charge is 0.481 e. The molecule has 0 aliphatic heterocycles. The zero-order valence-electron chi connectivity index (χ0n) is 14.3. The van der Waals surface area contributed by atoms with Gasteiger partial charge in [-0.25, -0.2) is 0 Å². The molecule has 0 spiro atoms. The van der Waals surface area contributed by atoms with E-state index < -0.39 is 23.9 Å². The second-order valence-electron chi connectivity index (χ2n) is 5.72. The number of benzene rings is 1. The molecule has 140 valence electrons. The maximum absolute atomic E-state index is 12.5. The van der Waals surface area contributed by atoms with E-state index in [1.165, 1.54) is 6.07 Å². The van der Waals surface area contributed by atoms with Crippen molar-refractivity contribution in [3.8, 4) is 5.75 Å². The summed E-state index contributed by atoms with van der Waals surface area (Å²) in [6, 6.07) is 9.94. The van der Waals surface area contributed by atoms with Crippen LogP contribution in [0.4, 0.5) is 8.78 Å². The molecule has 0 saturated heterocycles. The Morgan fingerprint density at radius 2 is 1.96 bits per heavy atom. The summed E-state index contributed by atoms with van der Waals surface area (Å²) in [4.78, 5) is 25.0. The van der Waals surface area contributed by atoms with E-state index in [1.807, 2.05) is 0 Å². The number of aryl methyl sites for hydroxylation is 1. The van der Waals surface area contributed by atoms with Gasteiger partial charge in [-0.1, -0.05) is 37.3 Å². The number of thiophene rings is 1. The van der Waals surface area contributed by atoms with Gasteiger partial charge in [0.25, 0.3) is 5.91 Å². The van der Waals surface area contributed by atoms with Crippen molar-refractivity contribution in [1.82, 2.24) is 5.32 Å². The van der Waals surface area contributed by atoms with Crippen LogP contribution in [0.5, 0.6) is 5.75 Å². The van der Waals surface area contributed by atoms with E-state index in [2.05, 4.69) is 10.1 Å². The predicted molar refractivity (Wildman–Crippen MR) is 94.1 cm³/mol. The van der Waals surface area contributed by atoms with Gasteiger partial charge in [-0.2, -0.15) is 8.78 Å².